The summed E-state index contributed by atoms with van der Waals surface area (Å²) in [5.74, 6) is -0.828. The summed E-state index contributed by atoms with van der Waals surface area (Å²) in [4.78, 5) is 18.6. The summed E-state index contributed by atoms with van der Waals surface area (Å²) in [6.07, 6.45) is 8.31. The van der Waals surface area contributed by atoms with Gasteiger partial charge in [0.15, 0.2) is 5.82 Å². The number of halogens is 2. The number of pyridine rings is 1. The van der Waals surface area contributed by atoms with Gasteiger partial charge in [-0.3, -0.25) is 9.88 Å². The van der Waals surface area contributed by atoms with E-state index in [0.717, 1.165) is 58.3 Å². The molecule has 4 atom stereocenters. The minimum absolute atomic E-state index is 0.000371. The van der Waals surface area contributed by atoms with Crippen LogP contribution in [-0.2, 0) is 15.9 Å². The lowest BCUT2D eigenvalue weighted by Gasteiger charge is -2.48. The van der Waals surface area contributed by atoms with Gasteiger partial charge < -0.3 is 29.3 Å². The molecule has 10 nitrogen and oxygen atoms in total. The van der Waals surface area contributed by atoms with E-state index in [4.69, 9.17) is 24.2 Å². The van der Waals surface area contributed by atoms with Crippen molar-refractivity contribution in [1.82, 2.24) is 19.9 Å². The molecule has 4 aromatic rings. The van der Waals surface area contributed by atoms with Gasteiger partial charge in [0.25, 0.3) is 0 Å². The SMILES string of the molecule is CCc1c(F)ccc2cc(O)cc(-c3ncc4c(N5CCOCC(C)(O)C5)nc(OCC56CCCC5N(C5CCOC5)CCC6)nc4c3F)c12. The largest absolute Gasteiger partial charge is 0.508 e. The highest BCUT2D eigenvalue weighted by molar-refractivity contribution is 6.01. The highest BCUT2D eigenvalue weighted by Gasteiger charge is 2.50. The van der Waals surface area contributed by atoms with E-state index >= 15 is 8.78 Å². The number of aromatic nitrogens is 3. The van der Waals surface area contributed by atoms with Crippen LogP contribution in [-0.4, -0.2) is 100 Å². The molecule has 0 spiro atoms. The van der Waals surface area contributed by atoms with Crippen LogP contribution in [0.3, 0.4) is 0 Å². The van der Waals surface area contributed by atoms with Gasteiger partial charge in [0.2, 0.25) is 0 Å². The standard InChI is InChI=1S/C38H45F2N5O5/c1-3-26-29(39)8-7-23-16-25(46)17-27(31(23)26)33-32(40)34-28(18-41-33)35(44-13-15-49-21-37(2,47)20-44)43-36(42-34)50-22-38-10-4-6-30(38)45(12-5-11-38)24-9-14-48-19-24/h7-8,16-18,24,30,46-47H,3-6,9-15,19-22H2,1-2H3. The lowest BCUT2D eigenvalue weighted by atomic mass is 9.75. The molecule has 3 saturated heterocycles. The molecule has 4 fully saturated rings. The second-order valence-electron chi connectivity index (χ2n) is 14.9. The van der Waals surface area contributed by atoms with E-state index in [1.54, 1.807) is 13.0 Å². The van der Waals surface area contributed by atoms with E-state index < -0.39 is 17.2 Å². The number of ether oxygens (including phenoxy) is 3. The molecular weight excluding hydrogens is 644 g/mol. The van der Waals surface area contributed by atoms with Crippen LogP contribution in [0.1, 0.15) is 57.9 Å². The van der Waals surface area contributed by atoms with E-state index in [0.29, 0.717) is 65.8 Å². The van der Waals surface area contributed by atoms with E-state index in [-0.39, 0.29) is 47.1 Å². The molecule has 4 unspecified atom stereocenters. The Bertz CT molecular complexity index is 1920. The number of hydrogen-bond donors (Lipinski definition) is 2. The van der Waals surface area contributed by atoms with E-state index in [2.05, 4.69) is 9.88 Å². The predicted molar refractivity (Wildman–Crippen MR) is 186 cm³/mol. The average Bonchev–Trinajstić information content (AvgIpc) is 3.76. The van der Waals surface area contributed by atoms with Gasteiger partial charge in [0, 0.05) is 42.4 Å². The molecule has 0 bridgehead atoms. The number of phenolic OH excluding ortho intramolecular Hbond substituents is 1. The number of nitrogens with zero attached hydrogens (tertiary/aromatic N) is 5. The Morgan fingerprint density at radius 1 is 1.06 bits per heavy atom. The lowest BCUT2D eigenvalue weighted by Crippen LogP contribution is -2.55. The third-order valence-corrected chi connectivity index (χ3v) is 11.4. The number of rotatable bonds is 7. The number of aryl methyl sites for hydroxylation is 1. The smallest absolute Gasteiger partial charge is 0.319 e. The number of piperidine rings is 1. The fraction of sp³-hybridized carbons (Fsp3) is 0.553. The van der Waals surface area contributed by atoms with Crippen LogP contribution in [0, 0.1) is 17.0 Å². The number of aromatic hydroxyl groups is 1. The normalized spacial score (nSPS) is 27.6. The molecule has 4 aliphatic rings. The Balaban J connectivity index is 1.23. The van der Waals surface area contributed by atoms with Crippen LogP contribution in [0.4, 0.5) is 14.6 Å². The molecule has 12 heteroatoms. The molecule has 2 aromatic carbocycles. The van der Waals surface area contributed by atoms with Crippen LogP contribution >= 0.6 is 0 Å². The van der Waals surface area contributed by atoms with Gasteiger partial charge >= 0.3 is 6.01 Å². The number of likely N-dealkylation sites (tertiary alicyclic amines) is 1. The number of benzene rings is 2. The Hall–Kier alpha value is -3.71. The monoisotopic (exact) mass is 689 g/mol. The molecule has 50 heavy (non-hydrogen) atoms. The minimum Gasteiger partial charge on any atom is -0.508 e. The number of anilines is 1. The molecule has 1 saturated carbocycles. The molecule has 0 amide bonds. The predicted octanol–water partition coefficient (Wildman–Crippen LogP) is 5.78. The van der Waals surface area contributed by atoms with Gasteiger partial charge in [-0.25, -0.2) is 8.78 Å². The van der Waals surface area contributed by atoms with Crippen LogP contribution in [0.2, 0.25) is 0 Å². The quantitative estimate of drug-likeness (QED) is 0.248. The summed E-state index contributed by atoms with van der Waals surface area (Å²) >= 11 is 0. The van der Waals surface area contributed by atoms with Crippen molar-refractivity contribution in [3.05, 3.63) is 47.7 Å². The summed E-state index contributed by atoms with van der Waals surface area (Å²) in [6.45, 7) is 7.67. The van der Waals surface area contributed by atoms with Crippen molar-refractivity contribution in [3.8, 4) is 23.0 Å². The third-order valence-electron chi connectivity index (χ3n) is 11.4. The van der Waals surface area contributed by atoms with Gasteiger partial charge in [-0.15, -0.1) is 0 Å². The van der Waals surface area contributed by atoms with Crippen LogP contribution in [0.25, 0.3) is 32.9 Å². The maximum Gasteiger partial charge on any atom is 0.319 e. The molecule has 266 valence electrons. The third kappa shape index (κ3) is 5.93. The molecule has 3 aliphatic heterocycles. The van der Waals surface area contributed by atoms with Crippen LogP contribution < -0.4 is 9.64 Å². The van der Waals surface area contributed by atoms with Crippen LogP contribution in [0.15, 0.2) is 30.5 Å². The number of β-amino-alcohol motifs (C(OH)–C–C–N with tert-alkyl or cyclic N) is 1. The Labute approximate surface area is 290 Å². The van der Waals surface area contributed by atoms with Gasteiger partial charge in [-0.05, 0) is 86.5 Å². The van der Waals surface area contributed by atoms with Gasteiger partial charge in [0.1, 0.15) is 34.2 Å². The number of fused-ring (bicyclic) bond motifs is 3. The maximum absolute atomic E-state index is 17.0. The van der Waals surface area contributed by atoms with Crippen molar-refractivity contribution >= 4 is 27.5 Å². The molecule has 5 heterocycles. The lowest BCUT2D eigenvalue weighted by molar-refractivity contribution is -0.0241. The zero-order chi connectivity index (χ0) is 34.6. The van der Waals surface area contributed by atoms with Crippen molar-refractivity contribution in [2.45, 2.75) is 76.5 Å². The Morgan fingerprint density at radius 3 is 2.74 bits per heavy atom. The van der Waals surface area contributed by atoms with Crippen molar-refractivity contribution < 1.29 is 33.2 Å². The molecule has 0 radical (unpaired) electrons. The van der Waals surface area contributed by atoms with Crippen LogP contribution in [0.5, 0.6) is 11.8 Å². The molecule has 8 rings (SSSR count). The fourth-order valence-corrected chi connectivity index (χ4v) is 9.10. The molecule has 1 aliphatic carbocycles. The van der Waals surface area contributed by atoms with Gasteiger partial charge in [-0.2, -0.15) is 9.97 Å². The summed E-state index contributed by atoms with van der Waals surface area (Å²) in [6, 6.07) is 6.75. The summed E-state index contributed by atoms with van der Waals surface area (Å²) in [7, 11) is 0. The second-order valence-corrected chi connectivity index (χ2v) is 14.9. The first-order valence-electron chi connectivity index (χ1n) is 18.0. The Morgan fingerprint density at radius 2 is 1.92 bits per heavy atom. The number of aliphatic hydroxyl groups is 1. The number of hydrogen-bond acceptors (Lipinski definition) is 10. The van der Waals surface area contributed by atoms with Crippen molar-refractivity contribution in [2.24, 2.45) is 5.41 Å². The first kappa shape index (κ1) is 33.4. The summed E-state index contributed by atoms with van der Waals surface area (Å²) < 4.78 is 50.1. The summed E-state index contributed by atoms with van der Waals surface area (Å²) in [5, 5.41) is 23.1. The second kappa shape index (κ2) is 13.1. The first-order chi connectivity index (χ1) is 24.2. The highest BCUT2D eigenvalue weighted by atomic mass is 19.1. The Kier molecular flexibility index (Phi) is 8.77. The molecule has 2 aromatic heterocycles. The van der Waals surface area contributed by atoms with E-state index in [9.17, 15) is 10.2 Å². The first-order valence-corrected chi connectivity index (χ1v) is 18.0. The topological polar surface area (TPSA) is 113 Å². The van der Waals surface area contributed by atoms with Crippen molar-refractivity contribution in [2.75, 3.05) is 57.6 Å². The van der Waals surface area contributed by atoms with E-state index in [1.165, 1.54) is 24.4 Å². The number of phenols is 1. The summed E-state index contributed by atoms with van der Waals surface area (Å²) in [5.41, 5.74) is -0.615. The molecular formula is C38H45F2N5O5. The maximum atomic E-state index is 17.0. The van der Waals surface area contributed by atoms with Gasteiger partial charge in [0.05, 0.1) is 38.4 Å². The zero-order valence-corrected chi connectivity index (χ0v) is 28.8. The van der Waals surface area contributed by atoms with Crippen molar-refractivity contribution in [1.29, 1.82) is 0 Å². The fourth-order valence-electron chi connectivity index (χ4n) is 9.10. The molecule has 2 N–H and O–H groups in total. The van der Waals surface area contributed by atoms with Crippen molar-refractivity contribution in [3.63, 3.8) is 0 Å². The highest BCUT2D eigenvalue weighted by Crippen LogP contribution is 2.49. The zero-order valence-electron chi connectivity index (χ0n) is 28.8. The average molecular weight is 690 g/mol. The minimum atomic E-state index is -1.17. The van der Waals surface area contributed by atoms with Gasteiger partial charge in [-0.1, -0.05) is 19.4 Å². The van der Waals surface area contributed by atoms with E-state index in [1.807, 2.05) is 11.8 Å².